The molecule has 0 fully saturated rings. The molecule has 0 saturated carbocycles. The largest absolute Gasteiger partial charge is 2.00 e. The summed E-state index contributed by atoms with van der Waals surface area (Å²) >= 11 is 0. The molecule has 0 aliphatic rings. The minimum atomic E-state index is -4.70. The molecule has 0 saturated heterocycles. The quantitative estimate of drug-likeness (QED) is 0.0813. The van der Waals surface area contributed by atoms with E-state index in [9.17, 15) is 31.7 Å². The minimum Gasteiger partial charge on any atom is -0.572 e. The first kappa shape index (κ1) is 33.8. The van der Waals surface area contributed by atoms with Crippen LogP contribution in [0.2, 0.25) is 0 Å². The van der Waals surface area contributed by atoms with Crippen LogP contribution in [0.1, 0.15) is 5.56 Å². The van der Waals surface area contributed by atoms with Crippen LogP contribution in [0.3, 0.4) is 0 Å². The van der Waals surface area contributed by atoms with Gasteiger partial charge in [0.05, 0.1) is 21.1 Å². The van der Waals surface area contributed by atoms with Crippen LogP contribution >= 0.6 is 0 Å². The fraction of sp³-hybridized carbons (Fsp3) is 0.0345. The second kappa shape index (κ2) is 16.1. The van der Waals surface area contributed by atoms with Gasteiger partial charge in [-0.05, 0) is 48.0 Å². The second-order valence-corrected chi connectivity index (χ2v) is 9.47. The fourth-order valence-corrected chi connectivity index (χ4v) is 4.09. The molecule has 0 bridgehead atoms. The zero-order valence-electron chi connectivity index (χ0n) is 21.4. The Morgan fingerprint density at radius 1 is 0.810 bits per heavy atom. The van der Waals surface area contributed by atoms with Crippen molar-refractivity contribution in [2.45, 2.75) is 11.1 Å². The molecule has 0 N–H and O–H groups in total. The van der Waals surface area contributed by atoms with Crippen molar-refractivity contribution >= 4 is 21.4 Å². The van der Waals surface area contributed by atoms with E-state index in [-0.39, 0.29) is 37.4 Å². The normalized spacial score (nSPS) is 10.5. The van der Waals surface area contributed by atoms with Crippen LogP contribution in [0.15, 0.2) is 133 Å². The van der Waals surface area contributed by atoms with Gasteiger partial charge in [0.25, 0.3) is 5.69 Å². The number of nitro benzene ring substituents is 1. The number of halogens is 3. The van der Waals surface area contributed by atoms with Crippen LogP contribution < -0.4 is 0 Å². The third-order valence-corrected chi connectivity index (χ3v) is 6.31. The number of aromatic nitrogens is 2. The number of non-ortho nitro benzene ring substituents is 1. The molecule has 2 aromatic heterocycles. The third-order valence-electron chi connectivity index (χ3n) is 5.00. The molecule has 0 unspecified atom stereocenters. The average Bonchev–Trinajstić information content (AvgIpc) is 2.99. The van der Waals surface area contributed by atoms with E-state index in [1.807, 2.05) is 48.5 Å². The summed E-state index contributed by atoms with van der Waals surface area (Å²) in [7, 11) is -4.44. The van der Waals surface area contributed by atoms with Crippen molar-refractivity contribution in [3.63, 3.8) is 0 Å². The van der Waals surface area contributed by atoms with E-state index in [4.69, 9.17) is 0 Å². The molecule has 0 amide bonds. The van der Waals surface area contributed by atoms with Crippen molar-refractivity contribution in [2.24, 2.45) is 0 Å². The van der Waals surface area contributed by atoms with Gasteiger partial charge in [-0.3, -0.25) is 20.1 Å². The summed E-state index contributed by atoms with van der Waals surface area (Å²) in [5, 5.41) is 10.7. The van der Waals surface area contributed by atoms with Crippen LogP contribution in [-0.4, -0.2) is 23.3 Å². The maximum atomic E-state index is 13.1. The Labute approximate surface area is 254 Å². The van der Waals surface area contributed by atoms with Crippen LogP contribution in [0.4, 0.5) is 24.5 Å². The molecule has 3 aromatic carbocycles. The van der Waals surface area contributed by atoms with Gasteiger partial charge in [-0.2, -0.15) is 49.6 Å². The van der Waals surface area contributed by atoms with Gasteiger partial charge in [0.2, 0.25) is 0 Å². The molecule has 0 aliphatic carbocycles. The second-order valence-electron chi connectivity index (χ2n) is 7.86. The number of nitro groups is 1. The smallest absolute Gasteiger partial charge is 0.572 e. The van der Waals surface area contributed by atoms with Gasteiger partial charge in [0.1, 0.15) is 10.0 Å². The molecular formula is C29H21F3N4O4PdS. The molecule has 0 radical (unpaired) electrons. The van der Waals surface area contributed by atoms with Gasteiger partial charge < -0.3 is 4.72 Å². The van der Waals surface area contributed by atoms with E-state index in [0.717, 1.165) is 36.4 Å². The van der Waals surface area contributed by atoms with E-state index in [0.29, 0.717) is 6.07 Å². The van der Waals surface area contributed by atoms with E-state index in [1.54, 1.807) is 24.5 Å². The molecule has 8 nitrogen and oxygen atoms in total. The van der Waals surface area contributed by atoms with Crippen molar-refractivity contribution in [2.75, 3.05) is 0 Å². The Morgan fingerprint density at radius 2 is 1.43 bits per heavy atom. The Balaban J connectivity index is 0.000000390. The number of hydrogen-bond donors (Lipinski definition) is 0. The first-order valence-electron chi connectivity index (χ1n) is 11.7. The van der Waals surface area contributed by atoms with E-state index < -0.39 is 37.3 Å². The van der Waals surface area contributed by atoms with E-state index in [1.165, 1.54) is 12.3 Å². The van der Waals surface area contributed by atoms with E-state index in [2.05, 4.69) is 20.8 Å². The predicted octanol–water partition coefficient (Wildman–Crippen LogP) is 7.64. The van der Waals surface area contributed by atoms with Crippen molar-refractivity contribution in [3.05, 3.63) is 154 Å². The maximum Gasteiger partial charge on any atom is 2.00 e. The van der Waals surface area contributed by atoms with Crippen molar-refractivity contribution < 1.29 is 46.9 Å². The van der Waals surface area contributed by atoms with Crippen molar-refractivity contribution in [1.29, 1.82) is 0 Å². The van der Waals surface area contributed by atoms with Gasteiger partial charge in [-0.25, -0.2) is 8.42 Å². The number of sulfonamides is 1. The summed E-state index contributed by atoms with van der Waals surface area (Å²) in [5.41, 5.74) is -1.54. The van der Waals surface area contributed by atoms with Crippen molar-refractivity contribution in [1.82, 2.24) is 9.97 Å². The summed E-state index contributed by atoms with van der Waals surface area (Å²) < 4.78 is 68.0. The molecular weight excluding hydrogens is 664 g/mol. The molecule has 0 spiro atoms. The first-order chi connectivity index (χ1) is 19.6. The summed E-state index contributed by atoms with van der Waals surface area (Å²) in [6, 6.07) is 29.3. The Bertz CT molecular complexity index is 1540. The molecule has 0 atom stereocenters. The molecule has 5 aromatic rings. The monoisotopic (exact) mass is 684 g/mol. The molecule has 42 heavy (non-hydrogen) atoms. The predicted molar refractivity (Wildman–Crippen MR) is 147 cm³/mol. The number of nitrogens with zero attached hydrogens (tertiary/aromatic N) is 4. The zero-order chi connectivity index (χ0) is 29.7. The van der Waals surface area contributed by atoms with Crippen molar-refractivity contribution in [3.8, 4) is 11.3 Å². The molecule has 218 valence electrons. The van der Waals surface area contributed by atoms with E-state index >= 15 is 0 Å². The van der Waals surface area contributed by atoms with Crippen LogP contribution in [0.5, 0.6) is 0 Å². The van der Waals surface area contributed by atoms with Gasteiger partial charge >= 0.3 is 26.6 Å². The molecule has 13 heteroatoms. The van der Waals surface area contributed by atoms with Gasteiger partial charge in [0, 0.05) is 30.7 Å². The fourth-order valence-electron chi connectivity index (χ4n) is 3.10. The topological polar surface area (TPSA) is 117 Å². The number of rotatable bonds is 5. The number of benzene rings is 3. The zero-order valence-corrected chi connectivity index (χ0v) is 23.8. The Morgan fingerprint density at radius 3 is 1.86 bits per heavy atom. The third kappa shape index (κ3) is 10.5. The average molecular weight is 685 g/mol. The molecule has 0 aliphatic heterocycles. The van der Waals surface area contributed by atoms with Gasteiger partial charge in [-0.1, -0.05) is 24.3 Å². The minimum absolute atomic E-state index is 0. The van der Waals surface area contributed by atoms with Crippen LogP contribution in [0, 0.1) is 16.2 Å². The summed E-state index contributed by atoms with van der Waals surface area (Å²) in [6.45, 7) is 0. The van der Waals surface area contributed by atoms with Crippen LogP contribution in [0.25, 0.3) is 16.0 Å². The summed E-state index contributed by atoms with van der Waals surface area (Å²) in [6.07, 6.45) is 0.200. The SMILES string of the molecule is O=[N+]([O-])c1ccc(S(=O)(=O)[N-]c2cc(C(F)(F)F)ccc2-c2ccccn2)cc1.[Pd+2].[c-]1ccccc1.c1ccncc1. The molecule has 2 heterocycles. The maximum absolute atomic E-state index is 13.1. The molecule has 5 rings (SSSR count). The number of hydrogen-bond acceptors (Lipinski definition) is 6. The standard InChI is InChI=1S/C18H11F3N3O4S.C6H5.C5H5N.Pd/c19-18(20,21)12-4-9-15(16-3-1-2-10-22-16)17(11-12)23-29(27,28)14-7-5-13(6-8-14)24(25)26;2*1-2-4-6-5-3-1;/h1-11H;2*1-5H;/q2*-1;;+2. The van der Waals surface area contributed by atoms with Gasteiger partial charge in [0.15, 0.2) is 0 Å². The first-order valence-corrected chi connectivity index (χ1v) is 13.1. The Kier molecular flexibility index (Phi) is 13.0. The van der Waals surface area contributed by atoms with Gasteiger partial charge in [-0.15, -0.1) is 5.69 Å². The Hall–Kier alpha value is -4.44. The number of alkyl halides is 3. The summed E-state index contributed by atoms with van der Waals surface area (Å²) in [5.74, 6) is 0. The van der Waals surface area contributed by atoms with Crippen LogP contribution in [-0.2, 0) is 36.6 Å². The number of pyridine rings is 2. The summed E-state index contributed by atoms with van der Waals surface area (Å²) in [4.78, 5) is 17.4.